The van der Waals surface area contributed by atoms with Crippen molar-refractivity contribution >= 4 is 14.7 Å². The lowest BCUT2D eigenvalue weighted by molar-refractivity contribution is 0.624. The highest BCUT2D eigenvalue weighted by Gasteiger charge is 2.34. The molecule has 0 saturated heterocycles. The van der Waals surface area contributed by atoms with Gasteiger partial charge in [0.1, 0.15) is 0 Å². The van der Waals surface area contributed by atoms with Crippen LogP contribution in [-0.4, -0.2) is 9.52 Å². The third-order valence-corrected chi connectivity index (χ3v) is 6.77. The monoisotopic (exact) mass is 334 g/mol. The predicted molar refractivity (Wildman–Crippen MR) is 108 cm³/mol. The van der Waals surface area contributed by atoms with Gasteiger partial charge >= 0.3 is 0 Å². The van der Waals surface area contributed by atoms with E-state index < -0.39 is 0 Å². The van der Waals surface area contributed by atoms with E-state index >= 15 is 0 Å². The second-order valence-electron chi connectivity index (χ2n) is 7.63. The molecule has 0 fully saturated rings. The Kier molecular flexibility index (Phi) is 5.60. The zero-order chi connectivity index (χ0) is 17.0. The number of unbranched alkanes of at least 4 members (excludes halogenated alkanes) is 5. The summed E-state index contributed by atoms with van der Waals surface area (Å²) in [6.07, 6.45) is 8.39. The smallest absolute Gasteiger partial charge is 0.0654 e. The summed E-state index contributed by atoms with van der Waals surface area (Å²) in [5.74, 6) is 0. The van der Waals surface area contributed by atoms with Crippen molar-refractivity contribution in [3.63, 3.8) is 0 Å². The van der Waals surface area contributed by atoms with Gasteiger partial charge < -0.3 is 0 Å². The summed E-state index contributed by atoms with van der Waals surface area (Å²) < 4.78 is 0. The Morgan fingerprint density at radius 2 is 1.50 bits per heavy atom. The lowest BCUT2D eigenvalue weighted by Gasteiger charge is -2.21. The fraction of sp³-hybridized carbons (Fsp3) is 0.478. The van der Waals surface area contributed by atoms with Gasteiger partial charge in [-0.05, 0) is 22.3 Å². The van der Waals surface area contributed by atoms with Gasteiger partial charge in [0, 0.05) is 5.41 Å². The molecule has 24 heavy (non-hydrogen) atoms. The van der Waals surface area contributed by atoms with Crippen molar-refractivity contribution in [2.75, 3.05) is 0 Å². The van der Waals surface area contributed by atoms with Crippen molar-refractivity contribution in [1.29, 1.82) is 0 Å². The van der Waals surface area contributed by atoms with E-state index in [1.54, 1.807) is 5.19 Å². The van der Waals surface area contributed by atoms with Crippen LogP contribution < -0.4 is 5.19 Å². The summed E-state index contributed by atoms with van der Waals surface area (Å²) in [5.41, 5.74) is 6.03. The Bertz CT molecular complexity index is 684. The molecule has 0 spiro atoms. The van der Waals surface area contributed by atoms with Crippen LogP contribution >= 0.6 is 0 Å². The molecule has 0 amide bonds. The van der Waals surface area contributed by atoms with Crippen molar-refractivity contribution in [3.8, 4) is 11.1 Å². The van der Waals surface area contributed by atoms with E-state index in [0.29, 0.717) is 0 Å². The van der Waals surface area contributed by atoms with Gasteiger partial charge in [0.25, 0.3) is 0 Å². The molecule has 1 aliphatic rings. The molecule has 0 atom stereocenters. The van der Waals surface area contributed by atoms with Crippen LogP contribution in [0.1, 0.15) is 70.4 Å². The highest BCUT2D eigenvalue weighted by atomic mass is 28.2. The topological polar surface area (TPSA) is 0 Å². The molecule has 2 aromatic carbocycles. The molecule has 0 saturated carbocycles. The quantitative estimate of drug-likeness (QED) is 0.404. The van der Waals surface area contributed by atoms with Crippen LogP contribution in [0.3, 0.4) is 0 Å². The second-order valence-corrected chi connectivity index (χ2v) is 9.06. The van der Waals surface area contributed by atoms with E-state index in [1.807, 2.05) is 0 Å². The van der Waals surface area contributed by atoms with E-state index in [-0.39, 0.29) is 5.41 Å². The second kappa shape index (κ2) is 7.69. The van der Waals surface area contributed by atoms with Gasteiger partial charge in [-0.2, -0.15) is 0 Å². The maximum Gasteiger partial charge on any atom is 0.0808 e. The molecule has 0 aliphatic heterocycles. The molecule has 0 heterocycles. The minimum Gasteiger partial charge on any atom is -0.0654 e. The van der Waals surface area contributed by atoms with E-state index in [1.165, 1.54) is 66.8 Å². The molecule has 3 rings (SSSR count). The molecule has 126 valence electrons. The molecule has 0 aromatic heterocycles. The summed E-state index contributed by atoms with van der Waals surface area (Å²) in [4.78, 5) is 0. The number of fused-ring (bicyclic) bond motifs is 3. The number of benzene rings is 2. The average Bonchev–Trinajstić information content (AvgIpc) is 2.82. The third kappa shape index (κ3) is 3.51. The van der Waals surface area contributed by atoms with Crippen LogP contribution in [0.5, 0.6) is 0 Å². The minimum atomic E-state index is 0.145. The number of hydrogen-bond acceptors (Lipinski definition) is 0. The zero-order valence-corrected chi connectivity index (χ0v) is 16.5. The molecule has 1 aliphatic carbocycles. The molecule has 0 N–H and O–H groups in total. The third-order valence-electron chi connectivity index (χ3n) is 5.44. The van der Waals surface area contributed by atoms with Crippen LogP contribution in [0.4, 0.5) is 0 Å². The fourth-order valence-electron chi connectivity index (χ4n) is 3.95. The highest BCUT2D eigenvalue weighted by molar-refractivity contribution is 6.53. The lowest BCUT2D eigenvalue weighted by atomic mass is 9.82. The first-order valence-corrected chi connectivity index (χ1v) is 10.8. The first-order valence-electron chi connectivity index (χ1n) is 9.63. The van der Waals surface area contributed by atoms with Crippen molar-refractivity contribution in [2.24, 2.45) is 0 Å². The van der Waals surface area contributed by atoms with Crippen LogP contribution in [0.25, 0.3) is 11.1 Å². The van der Waals surface area contributed by atoms with Gasteiger partial charge in [0.15, 0.2) is 0 Å². The summed E-state index contributed by atoms with van der Waals surface area (Å²) in [6.45, 7) is 7.03. The van der Waals surface area contributed by atoms with Crippen molar-refractivity contribution in [1.82, 2.24) is 0 Å². The van der Waals surface area contributed by atoms with Crippen LogP contribution in [0.15, 0.2) is 42.5 Å². The summed E-state index contributed by atoms with van der Waals surface area (Å²) >= 11 is 0. The summed E-state index contributed by atoms with van der Waals surface area (Å²) in [7, 11) is 0.963. The van der Waals surface area contributed by atoms with E-state index in [9.17, 15) is 0 Å². The first kappa shape index (κ1) is 17.5. The molecule has 0 bridgehead atoms. The Morgan fingerprint density at radius 3 is 2.33 bits per heavy atom. The minimum absolute atomic E-state index is 0.145. The number of rotatable bonds is 8. The fourth-order valence-corrected chi connectivity index (χ4v) is 5.12. The van der Waals surface area contributed by atoms with Crippen molar-refractivity contribution < 1.29 is 0 Å². The van der Waals surface area contributed by atoms with Gasteiger partial charge in [-0.15, -0.1) is 0 Å². The Hall–Kier alpha value is -1.34. The molecule has 0 unspecified atom stereocenters. The van der Waals surface area contributed by atoms with Crippen molar-refractivity contribution in [3.05, 3.63) is 53.6 Å². The largest absolute Gasteiger partial charge is 0.0808 e. The normalized spacial score (nSPS) is 14.5. The highest BCUT2D eigenvalue weighted by Crippen LogP contribution is 2.47. The van der Waals surface area contributed by atoms with Gasteiger partial charge in [0.2, 0.25) is 0 Å². The Labute approximate surface area is 150 Å². The molecular weight excluding hydrogens is 304 g/mol. The predicted octanol–water partition coefficient (Wildman–Crippen LogP) is 6.10. The molecule has 2 aromatic rings. The lowest BCUT2D eigenvalue weighted by Crippen LogP contribution is -2.20. The molecule has 2 radical (unpaired) electrons. The van der Waals surface area contributed by atoms with E-state index in [4.69, 9.17) is 0 Å². The average molecular weight is 335 g/mol. The maximum absolute atomic E-state index is 2.49. The molecular formula is C23H30Si. The SMILES string of the molecule is CCCCCCCC[Si]c1ccc2c(c1)C(C)(C)c1ccccc1-2. The van der Waals surface area contributed by atoms with Gasteiger partial charge in [-0.1, -0.05) is 113 Å². The first-order chi connectivity index (χ1) is 11.6. The molecule has 1 heteroatoms. The zero-order valence-electron chi connectivity index (χ0n) is 15.5. The summed E-state index contributed by atoms with van der Waals surface area (Å²) in [6, 6.07) is 17.5. The Balaban J connectivity index is 1.63. The number of hydrogen-bond donors (Lipinski definition) is 0. The maximum atomic E-state index is 2.49. The van der Waals surface area contributed by atoms with Crippen LogP contribution in [0.2, 0.25) is 6.04 Å². The van der Waals surface area contributed by atoms with Crippen molar-refractivity contribution in [2.45, 2.75) is 70.8 Å². The van der Waals surface area contributed by atoms with Crippen LogP contribution in [0, 0.1) is 0 Å². The summed E-state index contributed by atoms with van der Waals surface area (Å²) in [5, 5.41) is 1.54. The molecule has 0 nitrogen and oxygen atoms in total. The Morgan fingerprint density at radius 1 is 0.792 bits per heavy atom. The van der Waals surface area contributed by atoms with Gasteiger partial charge in [-0.25, -0.2) is 0 Å². The van der Waals surface area contributed by atoms with Crippen LogP contribution in [-0.2, 0) is 5.41 Å². The van der Waals surface area contributed by atoms with Gasteiger partial charge in [-0.3, -0.25) is 0 Å². The van der Waals surface area contributed by atoms with Gasteiger partial charge in [0.05, 0.1) is 9.52 Å². The van der Waals surface area contributed by atoms with E-state index in [2.05, 4.69) is 63.2 Å². The van der Waals surface area contributed by atoms with E-state index in [0.717, 1.165) is 9.52 Å². The standard InChI is InChI=1S/C23H30Si/c1-4-5-6-7-8-11-16-24-18-14-15-20-19-12-9-10-13-21(19)23(2,3)22(20)17-18/h9-10,12-15,17H,4-8,11,16H2,1-3H3.